The lowest BCUT2D eigenvalue weighted by Crippen LogP contribution is -2.31. The highest BCUT2D eigenvalue weighted by Crippen LogP contribution is 2.34. The van der Waals surface area contributed by atoms with Crippen LogP contribution in [0.1, 0.15) is 6.92 Å². The molecule has 5 nitrogen and oxygen atoms in total. The van der Waals surface area contributed by atoms with Crippen molar-refractivity contribution in [2.24, 2.45) is 0 Å². The molecule has 1 aliphatic heterocycles. The Morgan fingerprint density at radius 3 is 2.55 bits per heavy atom. The smallest absolute Gasteiger partial charge is 0.246 e. The first-order chi connectivity index (χ1) is 10.6. The SMILES string of the molecule is C[C@@H](Nc1ccc(Br)cc1)C(=O)Nc1ccc2c(c1)OCO2. The summed E-state index contributed by atoms with van der Waals surface area (Å²) in [5, 5.41) is 6.01. The molecule has 6 heteroatoms. The number of amides is 1. The number of nitrogens with one attached hydrogen (secondary N) is 2. The van der Waals surface area contributed by atoms with Crippen LogP contribution in [0.5, 0.6) is 11.5 Å². The van der Waals surface area contributed by atoms with Gasteiger partial charge in [0.2, 0.25) is 12.7 Å². The number of carbonyl (C=O) groups excluding carboxylic acids is 1. The monoisotopic (exact) mass is 362 g/mol. The van der Waals surface area contributed by atoms with Gasteiger partial charge in [0.05, 0.1) is 0 Å². The predicted molar refractivity (Wildman–Crippen MR) is 88.4 cm³/mol. The maximum Gasteiger partial charge on any atom is 0.246 e. The van der Waals surface area contributed by atoms with E-state index in [1.807, 2.05) is 31.2 Å². The molecule has 1 aliphatic rings. The van der Waals surface area contributed by atoms with Gasteiger partial charge in [-0.1, -0.05) is 15.9 Å². The lowest BCUT2D eigenvalue weighted by molar-refractivity contribution is -0.116. The van der Waals surface area contributed by atoms with Crippen molar-refractivity contribution in [3.63, 3.8) is 0 Å². The van der Waals surface area contributed by atoms with Crippen molar-refractivity contribution in [3.05, 3.63) is 46.9 Å². The zero-order chi connectivity index (χ0) is 15.5. The number of rotatable bonds is 4. The largest absolute Gasteiger partial charge is 0.454 e. The van der Waals surface area contributed by atoms with E-state index in [1.54, 1.807) is 18.2 Å². The average Bonchev–Trinajstić information content (AvgIpc) is 2.97. The Kier molecular flexibility index (Phi) is 4.20. The van der Waals surface area contributed by atoms with E-state index in [1.165, 1.54) is 0 Å². The lowest BCUT2D eigenvalue weighted by atomic mass is 10.2. The Labute approximate surface area is 136 Å². The summed E-state index contributed by atoms with van der Waals surface area (Å²) < 4.78 is 11.5. The molecule has 22 heavy (non-hydrogen) atoms. The lowest BCUT2D eigenvalue weighted by Gasteiger charge is -2.15. The molecule has 1 amide bonds. The standard InChI is InChI=1S/C16H15BrN2O3/c1-10(18-12-4-2-11(17)3-5-12)16(20)19-13-6-7-14-15(8-13)22-9-21-14/h2-8,10,18H,9H2,1H3,(H,19,20)/t10-/m1/s1. The summed E-state index contributed by atoms with van der Waals surface area (Å²) in [5.41, 5.74) is 1.57. The molecule has 3 rings (SSSR count). The van der Waals surface area contributed by atoms with Crippen LogP contribution < -0.4 is 20.1 Å². The Morgan fingerprint density at radius 2 is 1.77 bits per heavy atom. The minimum Gasteiger partial charge on any atom is -0.454 e. The number of hydrogen-bond donors (Lipinski definition) is 2. The highest BCUT2D eigenvalue weighted by atomic mass is 79.9. The van der Waals surface area contributed by atoms with Crippen LogP contribution >= 0.6 is 15.9 Å². The minimum atomic E-state index is -0.369. The van der Waals surface area contributed by atoms with Gasteiger partial charge in [-0.15, -0.1) is 0 Å². The number of benzene rings is 2. The average molecular weight is 363 g/mol. The van der Waals surface area contributed by atoms with Crippen LogP contribution in [0, 0.1) is 0 Å². The molecule has 0 spiro atoms. The molecule has 2 aromatic rings. The first-order valence-electron chi connectivity index (χ1n) is 6.84. The molecule has 0 aromatic heterocycles. The molecular weight excluding hydrogens is 348 g/mol. The number of carbonyl (C=O) groups is 1. The summed E-state index contributed by atoms with van der Waals surface area (Å²) in [4.78, 5) is 12.2. The second-order valence-corrected chi connectivity index (χ2v) is 5.85. The van der Waals surface area contributed by atoms with Crippen LogP contribution in [0.3, 0.4) is 0 Å². The second kappa shape index (κ2) is 6.27. The summed E-state index contributed by atoms with van der Waals surface area (Å²) >= 11 is 3.38. The van der Waals surface area contributed by atoms with Crippen molar-refractivity contribution in [3.8, 4) is 11.5 Å². The number of anilines is 2. The Balaban J connectivity index is 1.62. The topological polar surface area (TPSA) is 59.6 Å². The van der Waals surface area contributed by atoms with E-state index >= 15 is 0 Å². The number of hydrogen-bond acceptors (Lipinski definition) is 4. The molecule has 2 N–H and O–H groups in total. The van der Waals surface area contributed by atoms with Crippen molar-refractivity contribution in [2.75, 3.05) is 17.4 Å². The summed E-state index contributed by atoms with van der Waals surface area (Å²) in [6.45, 7) is 2.03. The Hall–Kier alpha value is -2.21. The molecule has 114 valence electrons. The maximum atomic E-state index is 12.2. The van der Waals surface area contributed by atoms with Crippen LogP contribution in [0.2, 0.25) is 0 Å². The van der Waals surface area contributed by atoms with E-state index in [4.69, 9.17) is 9.47 Å². The van der Waals surface area contributed by atoms with Gasteiger partial charge in [-0.25, -0.2) is 0 Å². The molecule has 0 saturated heterocycles. The highest BCUT2D eigenvalue weighted by molar-refractivity contribution is 9.10. The Morgan fingerprint density at radius 1 is 1.09 bits per heavy atom. The van der Waals surface area contributed by atoms with E-state index in [-0.39, 0.29) is 18.7 Å². The van der Waals surface area contributed by atoms with E-state index in [2.05, 4.69) is 26.6 Å². The third kappa shape index (κ3) is 3.33. The number of fused-ring (bicyclic) bond motifs is 1. The quantitative estimate of drug-likeness (QED) is 0.871. The van der Waals surface area contributed by atoms with Crippen LogP contribution in [0.15, 0.2) is 46.9 Å². The zero-order valence-corrected chi connectivity index (χ0v) is 13.5. The molecule has 0 bridgehead atoms. The molecule has 2 aromatic carbocycles. The fraction of sp³-hybridized carbons (Fsp3) is 0.188. The summed E-state index contributed by atoms with van der Waals surface area (Å²) in [6.07, 6.45) is 0. The van der Waals surface area contributed by atoms with Gasteiger partial charge in [-0.05, 0) is 43.3 Å². The third-order valence-corrected chi connectivity index (χ3v) is 3.79. The summed E-state index contributed by atoms with van der Waals surface area (Å²) in [7, 11) is 0. The van der Waals surface area contributed by atoms with Gasteiger partial charge in [-0.3, -0.25) is 4.79 Å². The van der Waals surface area contributed by atoms with Crippen molar-refractivity contribution in [1.29, 1.82) is 0 Å². The van der Waals surface area contributed by atoms with E-state index < -0.39 is 0 Å². The van der Waals surface area contributed by atoms with E-state index in [0.717, 1.165) is 10.2 Å². The minimum absolute atomic E-state index is 0.123. The molecule has 0 fully saturated rings. The molecular formula is C16H15BrN2O3. The molecule has 0 radical (unpaired) electrons. The van der Waals surface area contributed by atoms with Gasteiger partial charge in [0.15, 0.2) is 11.5 Å². The molecule has 1 heterocycles. The first kappa shape index (κ1) is 14.7. The van der Waals surface area contributed by atoms with Crippen molar-refractivity contribution >= 4 is 33.2 Å². The number of ether oxygens (including phenoxy) is 2. The normalized spacial score (nSPS) is 13.5. The predicted octanol–water partition coefficient (Wildman–Crippen LogP) is 3.62. The van der Waals surface area contributed by atoms with Gasteiger partial charge in [0.25, 0.3) is 0 Å². The molecule has 1 atom stereocenters. The number of halogens is 1. The van der Waals surface area contributed by atoms with E-state index in [9.17, 15) is 4.79 Å². The maximum absolute atomic E-state index is 12.2. The first-order valence-corrected chi connectivity index (χ1v) is 7.64. The summed E-state index contributed by atoms with van der Waals surface area (Å²) in [5.74, 6) is 1.21. The molecule has 0 saturated carbocycles. The molecule has 0 unspecified atom stereocenters. The molecule has 0 aliphatic carbocycles. The van der Waals surface area contributed by atoms with Crippen molar-refractivity contribution in [2.45, 2.75) is 13.0 Å². The fourth-order valence-corrected chi connectivity index (χ4v) is 2.35. The van der Waals surface area contributed by atoms with Gasteiger partial charge in [0.1, 0.15) is 6.04 Å². The van der Waals surface area contributed by atoms with E-state index in [0.29, 0.717) is 17.2 Å². The van der Waals surface area contributed by atoms with Gasteiger partial charge in [-0.2, -0.15) is 0 Å². The van der Waals surface area contributed by atoms with Gasteiger partial charge < -0.3 is 20.1 Å². The van der Waals surface area contributed by atoms with Gasteiger partial charge in [0, 0.05) is 21.9 Å². The van der Waals surface area contributed by atoms with Gasteiger partial charge >= 0.3 is 0 Å². The van der Waals surface area contributed by atoms with Crippen molar-refractivity contribution < 1.29 is 14.3 Å². The third-order valence-electron chi connectivity index (χ3n) is 3.26. The fourth-order valence-electron chi connectivity index (χ4n) is 2.09. The van der Waals surface area contributed by atoms with Crippen LogP contribution in [-0.4, -0.2) is 18.7 Å². The van der Waals surface area contributed by atoms with Crippen molar-refractivity contribution in [1.82, 2.24) is 0 Å². The van der Waals surface area contributed by atoms with Crippen LogP contribution in [-0.2, 0) is 4.79 Å². The second-order valence-electron chi connectivity index (χ2n) is 4.93. The zero-order valence-electron chi connectivity index (χ0n) is 11.9. The van der Waals surface area contributed by atoms with Crippen LogP contribution in [0.4, 0.5) is 11.4 Å². The Bertz CT molecular complexity index is 688. The van der Waals surface area contributed by atoms with Crippen LogP contribution in [0.25, 0.3) is 0 Å². The summed E-state index contributed by atoms with van der Waals surface area (Å²) in [6, 6.07) is 12.6. The highest BCUT2D eigenvalue weighted by Gasteiger charge is 2.16.